The summed E-state index contributed by atoms with van der Waals surface area (Å²) in [6.07, 6.45) is 10.2. The molecule has 2 atom stereocenters. The zero-order valence-corrected chi connectivity index (χ0v) is 17.1. The Kier molecular flexibility index (Phi) is 4.13. The Balaban J connectivity index is 1.23. The topological polar surface area (TPSA) is 54.0 Å². The maximum absolute atomic E-state index is 11.3. The molecule has 1 aromatic rings. The van der Waals surface area contributed by atoms with E-state index in [1.807, 2.05) is 18.2 Å². The predicted molar refractivity (Wildman–Crippen MR) is 105 cm³/mol. The van der Waals surface area contributed by atoms with Gasteiger partial charge in [0.2, 0.25) is 11.6 Å². The quantitative estimate of drug-likeness (QED) is 0.394. The van der Waals surface area contributed by atoms with Crippen LogP contribution in [0.15, 0.2) is 24.3 Å². The smallest absolute Gasteiger partial charge is 0.308 e. The number of rotatable bonds is 2. The lowest BCUT2D eigenvalue weighted by molar-refractivity contribution is -0.390. The Labute approximate surface area is 172 Å². The lowest BCUT2D eigenvalue weighted by atomic mass is 9.53. The second-order valence-corrected chi connectivity index (χ2v) is 10.2. The lowest BCUT2D eigenvalue weighted by Crippen LogP contribution is -2.59. The van der Waals surface area contributed by atoms with Gasteiger partial charge in [-0.3, -0.25) is 4.79 Å². The average molecular weight is 398 g/mol. The first-order chi connectivity index (χ1) is 14.0. The Morgan fingerprint density at radius 3 is 2.55 bits per heavy atom. The first-order valence-electron chi connectivity index (χ1n) is 11.4. The van der Waals surface area contributed by atoms with E-state index in [2.05, 4.69) is 6.07 Å². The van der Waals surface area contributed by atoms with E-state index in [9.17, 15) is 4.79 Å². The van der Waals surface area contributed by atoms with E-state index in [0.29, 0.717) is 23.5 Å². The third-order valence-corrected chi connectivity index (χ3v) is 8.20. The maximum atomic E-state index is 11.3. The van der Waals surface area contributed by atoms with Crippen LogP contribution in [-0.4, -0.2) is 17.5 Å². The molecule has 0 unspecified atom stereocenters. The van der Waals surface area contributed by atoms with E-state index in [1.165, 1.54) is 44.6 Å². The summed E-state index contributed by atoms with van der Waals surface area (Å²) in [6.45, 7) is 1.43. The summed E-state index contributed by atoms with van der Waals surface area (Å²) in [7, 11) is 0. The maximum Gasteiger partial charge on any atom is 0.308 e. The molecule has 1 aromatic carbocycles. The number of carbonyl (C=O) groups is 1. The monoisotopic (exact) mass is 398 g/mol. The van der Waals surface area contributed by atoms with Gasteiger partial charge < -0.3 is 9.47 Å². The van der Waals surface area contributed by atoms with Gasteiger partial charge >= 0.3 is 5.97 Å². The van der Waals surface area contributed by atoms with Crippen LogP contribution in [0.4, 0.5) is 0 Å². The summed E-state index contributed by atoms with van der Waals surface area (Å²) >= 11 is 0. The Bertz CT molecular complexity index is 791. The fraction of sp³-hybridized carbons (Fsp3) is 0.708. The van der Waals surface area contributed by atoms with E-state index in [0.717, 1.165) is 37.5 Å². The molecule has 5 saturated carbocycles. The van der Waals surface area contributed by atoms with Gasteiger partial charge in [-0.15, -0.1) is 0 Å². The third-order valence-electron chi connectivity index (χ3n) is 8.20. The minimum absolute atomic E-state index is 0.290. The van der Waals surface area contributed by atoms with Crippen molar-refractivity contribution < 1.29 is 24.0 Å². The molecule has 4 bridgehead atoms. The highest BCUT2D eigenvalue weighted by Crippen LogP contribution is 2.64. The SMILES string of the molecule is CC(=O)Oc1cccc([C@@H]2CCC[C@]3(C2)OOC2(O3)C3CC4CC(C3)CC2C4)c1. The van der Waals surface area contributed by atoms with Crippen molar-refractivity contribution in [1.82, 2.24) is 0 Å². The van der Waals surface area contributed by atoms with Crippen molar-refractivity contribution in [3.8, 4) is 5.75 Å². The molecular formula is C24H30O5. The number of esters is 1. The van der Waals surface area contributed by atoms with Gasteiger partial charge in [0.25, 0.3) is 0 Å². The van der Waals surface area contributed by atoms with Crippen LogP contribution in [-0.2, 0) is 19.3 Å². The fourth-order valence-electron chi connectivity index (χ4n) is 7.26. The van der Waals surface area contributed by atoms with Gasteiger partial charge in [-0.1, -0.05) is 12.1 Å². The number of hydrogen-bond acceptors (Lipinski definition) is 5. The molecule has 0 amide bonds. The number of benzene rings is 1. The zero-order chi connectivity index (χ0) is 19.6. The zero-order valence-electron chi connectivity index (χ0n) is 17.1. The second kappa shape index (κ2) is 6.53. The van der Waals surface area contributed by atoms with Crippen LogP contribution in [0.2, 0.25) is 0 Å². The Hall–Kier alpha value is -1.43. The Morgan fingerprint density at radius 1 is 1.07 bits per heavy atom. The number of hydrogen-bond donors (Lipinski definition) is 0. The van der Waals surface area contributed by atoms with Crippen LogP contribution in [0.25, 0.3) is 0 Å². The predicted octanol–water partition coefficient (Wildman–Crippen LogP) is 5.10. The molecule has 5 heteroatoms. The van der Waals surface area contributed by atoms with Gasteiger partial charge in [-0.25, -0.2) is 0 Å². The molecule has 5 aliphatic carbocycles. The van der Waals surface area contributed by atoms with Gasteiger partial charge in [0, 0.05) is 31.6 Å². The van der Waals surface area contributed by atoms with Crippen molar-refractivity contribution in [2.75, 3.05) is 0 Å². The van der Waals surface area contributed by atoms with Crippen LogP contribution < -0.4 is 4.74 Å². The molecule has 1 aliphatic heterocycles. The van der Waals surface area contributed by atoms with E-state index >= 15 is 0 Å². The summed E-state index contributed by atoms with van der Waals surface area (Å²) in [5.74, 6) is 2.22. The van der Waals surface area contributed by atoms with E-state index in [1.54, 1.807) is 0 Å². The summed E-state index contributed by atoms with van der Waals surface area (Å²) in [5.41, 5.74) is 1.18. The molecular weight excluding hydrogens is 368 g/mol. The van der Waals surface area contributed by atoms with Crippen molar-refractivity contribution in [2.24, 2.45) is 23.7 Å². The minimum atomic E-state index is -0.629. The molecule has 5 nitrogen and oxygen atoms in total. The highest BCUT2D eigenvalue weighted by Gasteiger charge is 2.67. The highest BCUT2D eigenvalue weighted by atomic mass is 17.3. The van der Waals surface area contributed by atoms with Gasteiger partial charge in [0.15, 0.2) is 0 Å². The first-order valence-corrected chi connectivity index (χ1v) is 11.4. The standard InChI is InChI=1S/C24H30O5/c1-15(25)26-22-6-2-4-18(13-22)19-5-3-7-23(14-19)27-24(29-28-23)20-9-16-8-17(11-20)12-21(24)10-16/h2,4,6,13,16-17,19-21H,3,5,7-12,14H2,1H3/t16?,17?,19-,20?,21?,23-,24?/m1/s1. The molecule has 2 spiro atoms. The highest BCUT2D eigenvalue weighted by molar-refractivity contribution is 5.69. The van der Waals surface area contributed by atoms with Crippen LogP contribution in [0.3, 0.4) is 0 Å². The molecule has 1 heterocycles. The van der Waals surface area contributed by atoms with Crippen LogP contribution >= 0.6 is 0 Å². The van der Waals surface area contributed by atoms with E-state index in [4.69, 9.17) is 19.2 Å². The van der Waals surface area contributed by atoms with E-state index < -0.39 is 11.6 Å². The van der Waals surface area contributed by atoms with Crippen LogP contribution in [0.5, 0.6) is 5.75 Å². The normalized spacial score (nSPS) is 45.2. The molecule has 7 rings (SSSR count). The fourth-order valence-corrected chi connectivity index (χ4v) is 7.26. The molecule has 0 N–H and O–H groups in total. The molecule has 6 aliphatic rings. The second-order valence-electron chi connectivity index (χ2n) is 10.2. The summed E-state index contributed by atoms with van der Waals surface area (Å²) < 4.78 is 12.2. The molecule has 29 heavy (non-hydrogen) atoms. The van der Waals surface area contributed by atoms with Crippen LogP contribution in [0, 0.1) is 23.7 Å². The first kappa shape index (κ1) is 18.3. The molecule has 0 aromatic heterocycles. The molecule has 156 valence electrons. The lowest BCUT2D eigenvalue weighted by Gasteiger charge is -2.57. The van der Waals surface area contributed by atoms with Gasteiger partial charge in [-0.2, -0.15) is 9.78 Å². The number of carbonyl (C=O) groups excluding carboxylic acids is 1. The summed E-state index contributed by atoms with van der Waals surface area (Å²) in [4.78, 5) is 23.6. The van der Waals surface area contributed by atoms with Crippen molar-refractivity contribution in [3.05, 3.63) is 29.8 Å². The van der Waals surface area contributed by atoms with Crippen molar-refractivity contribution in [3.63, 3.8) is 0 Å². The van der Waals surface area contributed by atoms with E-state index in [-0.39, 0.29) is 5.97 Å². The van der Waals surface area contributed by atoms with Crippen molar-refractivity contribution in [1.29, 1.82) is 0 Å². The number of ether oxygens (including phenoxy) is 2. The van der Waals surface area contributed by atoms with Crippen molar-refractivity contribution in [2.45, 2.75) is 82.2 Å². The van der Waals surface area contributed by atoms with Gasteiger partial charge in [0.05, 0.1) is 0 Å². The van der Waals surface area contributed by atoms with Gasteiger partial charge in [0.1, 0.15) is 5.75 Å². The largest absolute Gasteiger partial charge is 0.427 e. The minimum Gasteiger partial charge on any atom is -0.427 e. The van der Waals surface area contributed by atoms with Crippen molar-refractivity contribution >= 4 is 5.97 Å². The molecule has 1 saturated heterocycles. The average Bonchev–Trinajstić information content (AvgIpc) is 3.05. The third kappa shape index (κ3) is 2.96. The molecule has 6 fully saturated rings. The Morgan fingerprint density at radius 2 is 1.83 bits per heavy atom. The summed E-state index contributed by atoms with van der Waals surface area (Å²) in [6, 6.07) is 7.89. The van der Waals surface area contributed by atoms with Crippen LogP contribution in [0.1, 0.15) is 76.2 Å². The van der Waals surface area contributed by atoms with Gasteiger partial charge in [-0.05, 0) is 80.4 Å². The summed E-state index contributed by atoms with van der Waals surface area (Å²) in [5, 5.41) is 0. The molecule has 0 radical (unpaired) electrons.